The van der Waals surface area contributed by atoms with E-state index in [4.69, 9.17) is 16.3 Å². The third-order valence-electron chi connectivity index (χ3n) is 4.85. The molecule has 30 heavy (non-hydrogen) atoms. The van der Waals surface area contributed by atoms with Crippen molar-refractivity contribution in [2.75, 3.05) is 11.9 Å². The van der Waals surface area contributed by atoms with E-state index in [0.29, 0.717) is 27.6 Å². The summed E-state index contributed by atoms with van der Waals surface area (Å²) in [6.07, 6.45) is -0.912. The van der Waals surface area contributed by atoms with Crippen LogP contribution >= 0.6 is 11.6 Å². The second-order valence-electron chi connectivity index (χ2n) is 7.58. The molecule has 0 aliphatic rings. The molecule has 3 aromatic rings. The van der Waals surface area contributed by atoms with Crippen molar-refractivity contribution in [1.29, 1.82) is 0 Å². The number of ether oxygens (including phenoxy) is 1. The average Bonchev–Trinajstić information content (AvgIpc) is 2.73. The van der Waals surface area contributed by atoms with Crippen molar-refractivity contribution < 1.29 is 14.6 Å². The Morgan fingerprint density at radius 2 is 1.77 bits per heavy atom. The molecule has 3 aromatic carbocycles. The van der Waals surface area contributed by atoms with Gasteiger partial charge in [0.1, 0.15) is 11.9 Å². The zero-order chi connectivity index (χ0) is 21.7. The SMILES string of the molecule is Cc1ccc(C(C)C)c(OCC(=O)Nc2ccc(Cl)cc2[C@@H](O)c2ccccc2)c1. The molecule has 0 saturated heterocycles. The fourth-order valence-electron chi connectivity index (χ4n) is 3.26. The largest absolute Gasteiger partial charge is 0.483 e. The van der Waals surface area contributed by atoms with Gasteiger partial charge in [-0.2, -0.15) is 0 Å². The van der Waals surface area contributed by atoms with Crippen molar-refractivity contribution in [2.45, 2.75) is 32.8 Å². The van der Waals surface area contributed by atoms with Gasteiger partial charge in [-0.3, -0.25) is 4.79 Å². The Kier molecular flexibility index (Phi) is 7.14. The van der Waals surface area contributed by atoms with Crippen molar-refractivity contribution in [1.82, 2.24) is 0 Å². The summed E-state index contributed by atoms with van der Waals surface area (Å²) in [5.74, 6) is 0.684. The van der Waals surface area contributed by atoms with E-state index >= 15 is 0 Å². The molecule has 0 aromatic heterocycles. The van der Waals surface area contributed by atoms with E-state index in [9.17, 15) is 9.90 Å². The monoisotopic (exact) mass is 423 g/mol. The third-order valence-corrected chi connectivity index (χ3v) is 5.08. The molecular weight excluding hydrogens is 398 g/mol. The predicted molar refractivity (Wildman–Crippen MR) is 121 cm³/mol. The van der Waals surface area contributed by atoms with Gasteiger partial charge in [-0.25, -0.2) is 0 Å². The molecule has 0 radical (unpaired) electrons. The summed E-state index contributed by atoms with van der Waals surface area (Å²) in [5.41, 5.74) is 3.87. The lowest BCUT2D eigenvalue weighted by Gasteiger charge is -2.18. The van der Waals surface area contributed by atoms with Crippen LogP contribution in [0.15, 0.2) is 66.7 Å². The van der Waals surface area contributed by atoms with Crippen LogP contribution in [0.1, 0.15) is 48.1 Å². The summed E-state index contributed by atoms with van der Waals surface area (Å²) in [7, 11) is 0. The van der Waals surface area contributed by atoms with Gasteiger partial charge in [-0.15, -0.1) is 0 Å². The molecule has 156 valence electrons. The van der Waals surface area contributed by atoms with Gasteiger partial charge in [0.05, 0.1) is 0 Å². The topological polar surface area (TPSA) is 58.6 Å². The van der Waals surface area contributed by atoms with Crippen LogP contribution in [0, 0.1) is 6.92 Å². The number of benzene rings is 3. The number of carbonyl (C=O) groups excluding carboxylic acids is 1. The van der Waals surface area contributed by atoms with Gasteiger partial charge in [0.25, 0.3) is 5.91 Å². The number of anilines is 1. The summed E-state index contributed by atoms with van der Waals surface area (Å²) in [4.78, 5) is 12.6. The molecule has 0 aliphatic heterocycles. The minimum Gasteiger partial charge on any atom is -0.483 e. The second-order valence-corrected chi connectivity index (χ2v) is 8.01. The first-order valence-corrected chi connectivity index (χ1v) is 10.3. The van der Waals surface area contributed by atoms with Crippen LogP contribution in [0.25, 0.3) is 0 Å². The van der Waals surface area contributed by atoms with Crippen LogP contribution in [0.4, 0.5) is 5.69 Å². The summed E-state index contributed by atoms with van der Waals surface area (Å²) in [6.45, 7) is 6.03. The smallest absolute Gasteiger partial charge is 0.262 e. The number of carbonyl (C=O) groups is 1. The van der Waals surface area contributed by atoms with Gasteiger partial charge in [0, 0.05) is 16.3 Å². The van der Waals surface area contributed by atoms with E-state index in [1.165, 1.54) is 0 Å². The fourth-order valence-corrected chi connectivity index (χ4v) is 3.44. The van der Waals surface area contributed by atoms with E-state index in [0.717, 1.165) is 11.1 Å². The van der Waals surface area contributed by atoms with Crippen LogP contribution in [-0.4, -0.2) is 17.6 Å². The number of amides is 1. The van der Waals surface area contributed by atoms with E-state index in [1.807, 2.05) is 55.5 Å². The van der Waals surface area contributed by atoms with Gasteiger partial charge in [-0.05, 0) is 53.8 Å². The number of rotatable bonds is 7. The van der Waals surface area contributed by atoms with Crippen molar-refractivity contribution in [3.8, 4) is 5.75 Å². The van der Waals surface area contributed by atoms with Gasteiger partial charge >= 0.3 is 0 Å². The van der Waals surface area contributed by atoms with Crippen LogP contribution in [0.2, 0.25) is 5.02 Å². The van der Waals surface area contributed by atoms with Crippen molar-refractivity contribution >= 4 is 23.2 Å². The Bertz CT molecular complexity index is 1020. The zero-order valence-corrected chi connectivity index (χ0v) is 18.1. The van der Waals surface area contributed by atoms with Gasteiger partial charge in [-0.1, -0.05) is 67.9 Å². The number of hydrogen-bond donors (Lipinski definition) is 2. The number of nitrogens with one attached hydrogen (secondary N) is 1. The standard InChI is InChI=1S/C25H26ClNO3/c1-16(2)20-11-9-17(3)13-23(20)30-15-24(28)27-22-12-10-19(26)14-21(22)25(29)18-7-5-4-6-8-18/h4-14,16,25,29H,15H2,1-3H3,(H,27,28)/t25-/m0/s1. The highest BCUT2D eigenvalue weighted by atomic mass is 35.5. The average molecular weight is 424 g/mol. The van der Waals surface area contributed by atoms with Crippen LogP contribution in [0.3, 0.4) is 0 Å². The Labute approximate surface area is 182 Å². The van der Waals surface area contributed by atoms with E-state index in [1.54, 1.807) is 18.2 Å². The van der Waals surface area contributed by atoms with Crippen LogP contribution < -0.4 is 10.1 Å². The summed E-state index contributed by atoms with van der Waals surface area (Å²) in [6, 6.07) is 20.3. The number of halogens is 1. The highest BCUT2D eigenvalue weighted by molar-refractivity contribution is 6.30. The molecule has 1 amide bonds. The maximum Gasteiger partial charge on any atom is 0.262 e. The maximum absolute atomic E-state index is 12.6. The molecule has 0 saturated carbocycles. The quantitative estimate of drug-likeness (QED) is 0.499. The number of aliphatic hydroxyl groups is 1. The normalized spacial score (nSPS) is 11.9. The van der Waals surface area contributed by atoms with Gasteiger partial charge in [0.2, 0.25) is 0 Å². The van der Waals surface area contributed by atoms with E-state index in [2.05, 4.69) is 19.2 Å². The summed E-state index contributed by atoms with van der Waals surface area (Å²) < 4.78 is 5.82. The van der Waals surface area contributed by atoms with E-state index < -0.39 is 6.10 Å². The third kappa shape index (κ3) is 5.41. The molecule has 0 bridgehead atoms. The van der Waals surface area contributed by atoms with E-state index in [-0.39, 0.29) is 18.4 Å². The summed E-state index contributed by atoms with van der Waals surface area (Å²) in [5, 5.41) is 14.1. The van der Waals surface area contributed by atoms with Gasteiger partial charge in [0.15, 0.2) is 6.61 Å². The number of aryl methyl sites for hydroxylation is 1. The Balaban J connectivity index is 1.76. The molecule has 1 atom stereocenters. The van der Waals surface area contributed by atoms with Crippen LogP contribution in [0.5, 0.6) is 5.75 Å². The molecular formula is C25H26ClNO3. The number of hydrogen-bond acceptors (Lipinski definition) is 3. The minimum atomic E-state index is -0.912. The molecule has 0 unspecified atom stereocenters. The molecule has 0 fully saturated rings. The molecule has 5 heteroatoms. The Morgan fingerprint density at radius 3 is 2.47 bits per heavy atom. The molecule has 2 N–H and O–H groups in total. The maximum atomic E-state index is 12.6. The Morgan fingerprint density at radius 1 is 1.03 bits per heavy atom. The summed E-state index contributed by atoms with van der Waals surface area (Å²) >= 11 is 6.14. The molecule has 3 rings (SSSR count). The predicted octanol–water partition coefficient (Wildman–Crippen LogP) is 5.87. The Hall–Kier alpha value is -2.82. The lowest BCUT2D eigenvalue weighted by atomic mass is 10.00. The minimum absolute atomic E-state index is 0.132. The van der Waals surface area contributed by atoms with Gasteiger partial charge < -0.3 is 15.2 Å². The molecule has 0 spiro atoms. The molecule has 0 heterocycles. The first-order valence-electron chi connectivity index (χ1n) is 9.91. The molecule has 0 aliphatic carbocycles. The van der Waals surface area contributed by atoms with Crippen molar-refractivity contribution in [3.63, 3.8) is 0 Å². The fraction of sp³-hybridized carbons (Fsp3) is 0.240. The lowest BCUT2D eigenvalue weighted by molar-refractivity contribution is -0.118. The highest BCUT2D eigenvalue weighted by Gasteiger charge is 2.17. The zero-order valence-electron chi connectivity index (χ0n) is 17.4. The second kappa shape index (κ2) is 9.79. The first kappa shape index (κ1) is 21.9. The van der Waals surface area contributed by atoms with Crippen molar-refractivity contribution in [3.05, 3.63) is 94.0 Å². The van der Waals surface area contributed by atoms with Crippen LogP contribution in [-0.2, 0) is 4.79 Å². The first-order chi connectivity index (χ1) is 14.3. The lowest BCUT2D eigenvalue weighted by Crippen LogP contribution is -2.22. The van der Waals surface area contributed by atoms with Crippen molar-refractivity contribution in [2.24, 2.45) is 0 Å². The highest BCUT2D eigenvalue weighted by Crippen LogP contribution is 2.31. The molecule has 4 nitrogen and oxygen atoms in total. The number of aliphatic hydroxyl groups excluding tert-OH is 1.